The molecule has 9 heteroatoms. The number of hydrogen-bond acceptors (Lipinski definition) is 6. The van der Waals surface area contributed by atoms with E-state index in [0.717, 1.165) is 15.4 Å². The van der Waals surface area contributed by atoms with Gasteiger partial charge in [0.15, 0.2) is 0 Å². The minimum absolute atomic E-state index is 0.0474. The van der Waals surface area contributed by atoms with Gasteiger partial charge < -0.3 is 10.1 Å². The Bertz CT molecular complexity index is 1420. The van der Waals surface area contributed by atoms with Gasteiger partial charge in [-0.2, -0.15) is 0 Å². The molecule has 34 heavy (non-hydrogen) atoms. The van der Waals surface area contributed by atoms with Crippen LogP contribution in [0.5, 0.6) is 5.75 Å². The molecule has 0 aliphatic heterocycles. The molecule has 0 spiro atoms. The molecule has 0 bridgehead atoms. The summed E-state index contributed by atoms with van der Waals surface area (Å²) < 4.78 is 31.7. The minimum atomic E-state index is -3.69. The summed E-state index contributed by atoms with van der Waals surface area (Å²) in [4.78, 5) is 18.7. The van der Waals surface area contributed by atoms with Crippen LogP contribution in [0.15, 0.2) is 83.8 Å². The van der Waals surface area contributed by atoms with Gasteiger partial charge in [0.05, 0.1) is 23.4 Å². The molecule has 0 radical (unpaired) electrons. The van der Waals surface area contributed by atoms with Gasteiger partial charge in [0.25, 0.3) is 5.91 Å². The lowest BCUT2D eigenvalue weighted by atomic mass is 10.1. The monoisotopic (exact) mass is 493 g/mol. The van der Waals surface area contributed by atoms with Crippen LogP contribution >= 0.6 is 11.3 Å². The Kier molecular flexibility index (Phi) is 6.78. The third kappa shape index (κ3) is 4.72. The summed E-state index contributed by atoms with van der Waals surface area (Å²) in [5.74, 6) is -0.0589. The Labute approximate surface area is 202 Å². The van der Waals surface area contributed by atoms with Gasteiger partial charge in [0.1, 0.15) is 15.6 Å². The van der Waals surface area contributed by atoms with Crippen molar-refractivity contribution in [3.63, 3.8) is 0 Å². The lowest BCUT2D eigenvalue weighted by Crippen LogP contribution is -2.22. The zero-order valence-corrected chi connectivity index (χ0v) is 20.5. The molecule has 1 aromatic heterocycles. The largest absolute Gasteiger partial charge is 0.495 e. The number of benzene rings is 3. The molecule has 7 nitrogen and oxygen atoms in total. The number of sulfonamides is 1. The number of anilines is 1. The van der Waals surface area contributed by atoms with Crippen molar-refractivity contribution < 1.29 is 17.9 Å². The van der Waals surface area contributed by atoms with Crippen LogP contribution in [0.3, 0.4) is 0 Å². The number of aromatic nitrogens is 1. The van der Waals surface area contributed by atoms with Crippen LogP contribution in [-0.2, 0) is 10.0 Å². The number of carbonyl (C=O) groups excluding carboxylic acids is 1. The predicted molar refractivity (Wildman–Crippen MR) is 135 cm³/mol. The summed E-state index contributed by atoms with van der Waals surface area (Å²) in [5.41, 5.74) is 2.52. The first-order chi connectivity index (χ1) is 16.3. The molecule has 0 unspecified atom stereocenters. The molecule has 1 heterocycles. The Morgan fingerprint density at radius 2 is 1.56 bits per heavy atom. The van der Waals surface area contributed by atoms with Crippen LogP contribution in [0, 0.1) is 0 Å². The number of nitrogens with zero attached hydrogens (tertiary/aromatic N) is 2. The second-order valence-electron chi connectivity index (χ2n) is 7.53. The van der Waals surface area contributed by atoms with E-state index in [-0.39, 0.29) is 10.6 Å². The molecule has 4 aromatic rings. The lowest BCUT2D eigenvalue weighted by Gasteiger charge is -2.15. The van der Waals surface area contributed by atoms with Crippen LogP contribution in [0.25, 0.3) is 21.8 Å². The Morgan fingerprint density at radius 1 is 0.941 bits per heavy atom. The SMILES string of the molecule is COc1ccc(S(=O)(=O)N(C)C)cc1NC(=O)c1sc(-c2ccccc2)nc1-c1ccccc1. The molecule has 1 amide bonds. The third-order valence-corrected chi connectivity index (χ3v) is 8.01. The van der Waals surface area contributed by atoms with Gasteiger partial charge in [0, 0.05) is 25.2 Å². The standard InChI is InChI=1S/C25H23N3O4S2/c1-28(2)34(30,31)19-14-15-21(32-3)20(16-19)26-24(29)23-22(17-10-6-4-7-11-17)27-25(33-23)18-12-8-5-9-13-18/h4-16H,1-3H3,(H,26,29). The fraction of sp³-hybridized carbons (Fsp3) is 0.120. The second-order valence-corrected chi connectivity index (χ2v) is 10.7. The van der Waals surface area contributed by atoms with E-state index in [2.05, 4.69) is 5.32 Å². The van der Waals surface area contributed by atoms with Crippen molar-refractivity contribution in [1.82, 2.24) is 9.29 Å². The summed E-state index contributed by atoms with van der Waals surface area (Å²) in [6.07, 6.45) is 0. The third-order valence-electron chi connectivity index (χ3n) is 5.10. The molecule has 174 valence electrons. The number of hydrogen-bond donors (Lipinski definition) is 1. The maximum absolute atomic E-state index is 13.5. The van der Waals surface area contributed by atoms with Crippen LogP contribution in [-0.4, -0.2) is 44.8 Å². The fourth-order valence-electron chi connectivity index (χ4n) is 3.31. The van der Waals surface area contributed by atoms with E-state index in [1.807, 2.05) is 60.7 Å². The van der Waals surface area contributed by atoms with Crippen LogP contribution in [0.1, 0.15) is 9.67 Å². The van der Waals surface area contributed by atoms with E-state index >= 15 is 0 Å². The number of carbonyl (C=O) groups is 1. The van der Waals surface area contributed by atoms with E-state index in [4.69, 9.17) is 9.72 Å². The summed E-state index contributed by atoms with van der Waals surface area (Å²) >= 11 is 1.27. The van der Waals surface area contributed by atoms with Gasteiger partial charge in [-0.25, -0.2) is 17.7 Å². The molecule has 0 saturated heterocycles. The Hall–Kier alpha value is -3.53. The molecule has 4 rings (SSSR count). The Morgan fingerprint density at radius 3 is 2.15 bits per heavy atom. The van der Waals surface area contributed by atoms with Crippen molar-refractivity contribution in [2.45, 2.75) is 4.90 Å². The van der Waals surface area contributed by atoms with Crippen molar-refractivity contribution in [1.29, 1.82) is 0 Å². The van der Waals surface area contributed by atoms with Gasteiger partial charge in [-0.1, -0.05) is 60.7 Å². The average molecular weight is 494 g/mol. The average Bonchev–Trinajstić information content (AvgIpc) is 3.31. The highest BCUT2D eigenvalue weighted by Crippen LogP contribution is 2.35. The zero-order valence-electron chi connectivity index (χ0n) is 18.8. The van der Waals surface area contributed by atoms with E-state index in [9.17, 15) is 13.2 Å². The highest BCUT2D eigenvalue weighted by atomic mass is 32.2. The Balaban J connectivity index is 1.77. The quantitative estimate of drug-likeness (QED) is 0.392. The van der Waals surface area contributed by atoms with Gasteiger partial charge >= 0.3 is 0 Å². The fourth-order valence-corrected chi connectivity index (χ4v) is 5.22. The first-order valence-electron chi connectivity index (χ1n) is 10.3. The molecule has 3 aromatic carbocycles. The van der Waals surface area contributed by atoms with Gasteiger partial charge in [-0.05, 0) is 18.2 Å². The highest BCUT2D eigenvalue weighted by molar-refractivity contribution is 7.89. The van der Waals surface area contributed by atoms with Crippen molar-refractivity contribution in [2.75, 3.05) is 26.5 Å². The van der Waals surface area contributed by atoms with Crippen molar-refractivity contribution in [3.8, 4) is 27.6 Å². The normalized spacial score (nSPS) is 11.4. The molecule has 0 aliphatic rings. The second kappa shape index (κ2) is 9.76. The minimum Gasteiger partial charge on any atom is -0.495 e. The van der Waals surface area contributed by atoms with Crippen LogP contribution < -0.4 is 10.1 Å². The van der Waals surface area contributed by atoms with Crippen molar-refractivity contribution in [2.24, 2.45) is 0 Å². The van der Waals surface area contributed by atoms with Gasteiger partial charge in [-0.15, -0.1) is 11.3 Å². The van der Waals surface area contributed by atoms with Gasteiger partial charge in [-0.3, -0.25) is 4.79 Å². The topological polar surface area (TPSA) is 88.6 Å². The molecule has 0 fully saturated rings. The van der Waals surface area contributed by atoms with Crippen LogP contribution in [0.4, 0.5) is 5.69 Å². The van der Waals surface area contributed by atoms with Crippen molar-refractivity contribution in [3.05, 3.63) is 83.7 Å². The first-order valence-corrected chi connectivity index (χ1v) is 12.6. The summed E-state index contributed by atoms with van der Waals surface area (Å²) in [7, 11) is 0.669. The van der Waals surface area contributed by atoms with Crippen molar-refractivity contribution >= 4 is 33.0 Å². The van der Waals surface area contributed by atoms with Gasteiger partial charge in [0.2, 0.25) is 10.0 Å². The van der Waals surface area contributed by atoms with E-state index in [1.165, 1.54) is 50.7 Å². The lowest BCUT2D eigenvalue weighted by molar-refractivity contribution is 0.103. The number of nitrogens with one attached hydrogen (secondary N) is 1. The number of thiazole rings is 1. The smallest absolute Gasteiger partial charge is 0.268 e. The first kappa shape index (κ1) is 23.6. The predicted octanol–water partition coefficient (Wildman–Crippen LogP) is 4.99. The molecule has 0 atom stereocenters. The summed E-state index contributed by atoms with van der Waals surface area (Å²) in [6.45, 7) is 0. The molecule has 0 aliphatic carbocycles. The molecule has 0 saturated carbocycles. The van der Waals surface area contributed by atoms with E-state index in [1.54, 1.807) is 0 Å². The molecule has 1 N–H and O–H groups in total. The number of amides is 1. The molecular weight excluding hydrogens is 470 g/mol. The summed E-state index contributed by atoms with van der Waals surface area (Å²) in [6, 6.07) is 23.5. The highest BCUT2D eigenvalue weighted by Gasteiger charge is 2.23. The van der Waals surface area contributed by atoms with Crippen LogP contribution in [0.2, 0.25) is 0 Å². The van der Waals surface area contributed by atoms with E-state index < -0.39 is 15.9 Å². The number of ether oxygens (including phenoxy) is 1. The maximum atomic E-state index is 13.5. The maximum Gasteiger partial charge on any atom is 0.268 e. The summed E-state index contributed by atoms with van der Waals surface area (Å²) in [5, 5.41) is 3.54. The zero-order chi connectivity index (χ0) is 24.3. The number of rotatable bonds is 7. The molecular formula is C25H23N3O4S2. The number of methoxy groups -OCH3 is 1. The van der Waals surface area contributed by atoms with E-state index in [0.29, 0.717) is 21.3 Å².